The molecule has 2 heteroatoms. The Morgan fingerprint density at radius 2 is 2.18 bits per heavy atom. The first-order valence-electron chi connectivity index (χ1n) is 4.04. The Kier molecular flexibility index (Phi) is 2.03. The van der Waals surface area contributed by atoms with E-state index < -0.39 is 0 Å². The van der Waals surface area contributed by atoms with Gasteiger partial charge < -0.3 is 4.57 Å². The summed E-state index contributed by atoms with van der Waals surface area (Å²) in [6.07, 6.45) is 4.95. The minimum atomic E-state index is 0.255. The summed E-state index contributed by atoms with van der Waals surface area (Å²) >= 11 is 0. The summed E-state index contributed by atoms with van der Waals surface area (Å²) in [5.74, 6) is 0. The lowest BCUT2D eigenvalue weighted by Gasteiger charge is -2.22. The van der Waals surface area contributed by atoms with E-state index in [0.717, 1.165) is 6.42 Å². The fourth-order valence-electron chi connectivity index (χ4n) is 1.19. The second-order valence-corrected chi connectivity index (χ2v) is 3.63. The fourth-order valence-corrected chi connectivity index (χ4v) is 1.19. The van der Waals surface area contributed by atoms with Gasteiger partial charge in [0, 0.05) is 24.4 Å². The van der Waals surface area contributed by atoms with Gasteiger partial charge >= 0.3 is 0 Å². The van der Waals surface area contributed by atoms with Crippen LogP contribution in [-0.4, -0.2) is 9.55 Å². The normalized spacial score (nSPS) is 12.0. The summed E-state index contributed by atoms with van der Waals surface area (Å²) in [6.45, 7) is 6.68. The molecular weight excluding hydrogens is 136 g/mol. The number of hydrogen-bond acceptors (Lipinski definition) is 1. The molecule has 0 saturated carbocycles. The highest BCUT2D eigenvalue weighted by Crippen LogP contribution is 2.25. The van der Waals surface area contributed by atoms with E-state index in [0.29, 0.717) is 0 Å². The molecule has 1 aromatic rings. The Hall–Kier alpha value is -0.790. The maximum Gasteiger partial charge on any atom is 0.0945 e. The minimum Gasteiger partial charge on any atom is -0.337 e. The van der Waals surface area contributed by atoms with Gasteiger partial charge in [-0.2, -0.15) is 0 Å². The highest BCUT2D eigenvalue weighted by molar-refractivity contribution is 5.11. The van der Waals surface area contributed by atoms with Crippen LogP contribution in [-0.2, 0) is 12.5 Å². The van der Waals surface area contributed by atoms with E-state index in [9.17, 15) is 0 Å². The van der Waals surface area contributed by atoms with Gasteiger partial charge in [-0.25, -0.2) is 4.98 Å². The number of hydrogen-bond donors (Lipinski definition) is 0. The lowest BCUT2D eigenvalue weighted by atomic mass is 9.87. The molecular formula is C9H16N2. The lowest BCUT2D eigenvalue weighted by molar-refractivity contribution is 0.473. The minimum absolute atomic E-state index is 0.255. The predicted molar refractivity (Wildman–Crippen MR) is 46.5 cm³/mol. The van der Waals surface area contributed by atoms with E-state index in [4.69, 9.17) is 0 Å². The monoisotopic (exact) mass is 152 g/mol. The molecule has 1 rings (SSSR count). The van der Waals surface area contributed by atoms with Crippen LogP contribution in [0.1, 0.15) is 32.9 Å². The van der Waals surface area contributed by atoms with E-state index in [1.165, 1.54) is 5.69 Å². The van der Waals surface area contributed by atoms with Crippen LogP contribution < -0.4 is 0 Å². The quantitative estimate of drug-likeness (QED) is 0.634. The number of imidazole rings is 1. The molecule has 0 unspecified atom stereocenters. The molecule has 1 aromatic heterocycles. The third kappa shape index (κ3) is 1.44. The lowest BCUT2D eigenvalue weighted by Crippen LogP contribution is -2.18. The van der Waals surface area contributed by atoms with Crippen molar-refractivity contribution in [3.63, 3.8) is 0 Å². The van der Waals surface area contributed by atoms with Crippen molar-refractivity contribution in [2.45, 2.75) is 32.6 Å². The van der Waals surface area contributed by atoms with E-state index in [1.807, 2.05) is 19.6 Å². The summed E-state index contributed by atoms with van der Waals surface area (Å²) in [5.41, 5.74) is 1.56. The molecule has 0 N–H and O–H groups in total. The first-order valence-corrected chi connectivity index (χ1v) is 4.04. The van der Waals surface area contributed by atoms with Crippen LogP contribution in [0, 0.1) is 0 Å². The fraction of sp³-hybridized carbons (Fsp3) is 0.667. The third-order valence-corrected chi connectivity index (χ3v) is 2.39. The van der Waals surface area contributed by atoms with Crippen molar-refractivity contribution in [3.05, 3.63) is 18.2 Å². The number of nitrogens with zero attached hydrogens (tertiary/aromatic N) is 2. The number of rotatable bonds is 2. The second-order valence-electron chi connectivity index (χ2n) is 3.63. The van der Waals surface area contributed by atoms with Crippen molar-refractivity contribution < 1.29 is 0 Å². The van der Waals surface area contributed by atoms with Gasteiger partial charge in [0.05, 0.1) is 6.33 Å². The number of aryl methyl sites for hydroxylation is 1. The van der Waals surface area contributed by atoms with Crippen molar-refractivity contribution >= 4 is 0 Å². The van der Waals surface area contributed by atoms with Crippen molar-refractivity contribution in [2.75, 3.05) is 0 Å². The standard InChI is InChI=1S/C9H16N2/c1-5-9(2,3)8-6-10-7-11(8)4/h6-7H,5H2,1-4H3. The summed E-state index contributed by atoms with van der Waals surface area (Å²) in [5, 5.41) is 0. The summed E-state index contributed by atoms with van der Waals surface area (Å²) in [4.78, 5) is 4.10. The molecule has 62 valence electrons. The molecule has 0 radical (unpaired) electrons. The molecule has 11 heavy (non-hydrogen) atoms. The first-order chi connectivity index (χ1) is 5.08. The second kappa shape index (κ2) is 2.68. The summed E-state index contributed by atoms with van der Waals surface area (Å²) in [7, 11) is 2.04. The third-order valence-electron chi connectivity index (χ3n) is 2.39. The molecule has 1 heterocycles. The molecule has 0 fully saturated rings. The predicted octanol–water partition coefficient (Wildman–Crippen LogP) is 2.11. The summed E-state index contributed by atoms with van der Waals surface area (Å²) in [6, 6.07) is 0. The molecule has 2 nitrogen and oxygen atoms in total. The summed E-state index contributed by atoms with van der Waals surface area (Å²) < 4.78 is 2.09. The maximum atomic E-state index is 4.10. The highest BCUT2D eigenvalue weighted by Gasteiger charge is 2.20. The van der Waals surface area contributed by atoms with Gasteiger partial charge in [-0.15, -0.1) is 0 Å². The Balaban J connectivity index is 3.00. The largest absolute Gasteiger partial charge is 0.337 e. The van der Waals surface area contributed by atoms with Crippen LogP contribution in [0.5, 0.6) is 0 Å². The molecule has 0 spiro atoms. The average Bonchev–Trinajstić information content (AvgIpc) is 2.36. The van der Waals surface area contributed by atoms with Crippen molar-refractivity contribution in [2.24, 2.45) is 7.05 Å². The van der Waals surface area contributed by atoms with Crippen molar-refractivity contribution in [1.29, 1.82) is 0 Å². The molecule has 0 bridgehead atoms. The van der Waals surface area contributed by atoms with E-state index in [2.05, 4.69) is 30.3 Å². The van der Waals surface area contributed by atoms with Crippen molar-refractivity contribution in [1.82, 2.24) is 9.55 Å². The van der Waals surface area contributed by atoms with Gasteiger partial charge in [-0.05, 0) is 6.42 Å². The van der Waals surface area contributed by atoms with Crippen LogP contribution in [0.25, 0.3) is 0 Å². The van der Waals surface area contributed by atoms with Gasteiger partial charge in [0.15, 0.2) is 0 Å². The van der Waals surface area contributed by atoms with Gasteiger partial charge in [-0.3, -0.25) is 0 Å². The molecule has 0 aliphatic heterocycles. The van der Waals surface area contributed by atoms with Gasteiger partial charge in [-0.1, -0.05) is 20.8 Å². The molecule has 0 aromatic carbocycles. The Bertz CT molecular complexity index is 235. The molecule has 0 aliphatic carbocycles. The van der Waals surface area contributed by atoms with Gasteiger partial charge in [0.25, 0.3) is 0 Å². The maximum absolute atomic E-state index is 4.10. The Morgan fingerprint density at radius 1 is 1.55 bits per heavy atom. The Labute approximate surface area is 68.3 Å². The number of aromatic nitrogens is 2. The molecule has 0 saturated heterocycles. The zero-order valence-electron chi connectivity index (χ0n) is 7.76. The zero-order valence-corrected chi connectivity index (χ0v) is 7.76. The molecule has 0 atom stereocenters. The average molecular weight is 152 g/mol. The molecule has 0 aliphatic rings. The Morgan fingerprint density at radius 3 is 2.55 bits per heavy atom. The SMILES string of the molecule is CCC(C)(C)c1cncn1C. The molecule has 0 amide bonds. The van der Waals surface area contributed by atoms with Crippen LogP contribution in [0.4, 0.5) is 0 Å². The smallest absolute Gasteiger partial charge is 0.0945 e. The highest BCUT2D eigenvalue weighted by atomic mass is 15.0. The van der Waals surface area contributed by atoms with Crippen molar-refractivity contribution in [3.8, 4) is 0 Å². The van der Waals surface area contributed by atoms with Crippen LogP contribution in [0.15, 0.2) is 12.5 Å². The topological polar surface area (TPSA) is 17.8 Å². The van der Waals surface area contributed by atoms with Gasteiger partial charge in [0.2, 0.25) is 0 Å². The van der Waals surface area contributed by atoms with Crippen LogP contribution in [0.3, 0.4) is 0 Å². The van der Waals surface area contributed by atoms with Gasteiger partial charge in [0.1, 0.15) is 0 Å². The van der Waals surface area contributed by atoms with E-state index in [-0.39, 0.29) is 5.41 Å². The first kappa shape index (κ1) is 8.31. The van der Waals surface area contributed by atoms with E-state index in [1.54, 1.807) is 0 Å². The van der Waals surface area contributed by atoms with E-state index >= 15 is 0 Å². The van der Waals surface area contributed by atoms with Crippen LogP contribution in [0.2, 0.25) is 0 Å². The zero-order chi connectivity index (χ0) is 8.48. The van der Waals surface area contributed by atoms with Crippen LogP contribution >= 0.6 is 0 Å².